The highest BCUT2D eigenvalue weighted by molar-refractivity contribution is 5.86. The third-order valence-corrected chi connectivity index (χ3v) is 6.15. The second kappa shape index (κ2) is 25.2. The Morgan fingerprint density at radius 1 is 0.841 bits per heavy atom. The van der Waals surface area contributed by atoms with Gasteiger partial charge in [0.05, 0.1) is 64.2 Å². The van der Waals surface area contributed by atoms with Crippen LogP contribution in [0.4, 0.5) is 5.69 Å². The monoisotopic (exact) mass is 621 g/mol. The van der Waals surface area contributed by atoms with E-state index >= 15 is 0 Å². The van der Waals surface area contributed by atoms with Gasteiger partial charge < -0.3 is 34.5 Å². The molecule has 0 spiro atoms. The number of hydrogen-bond donors (Lipinski definition) is 3. The lowest BCUT2D eigenvalue weighted by Gasteiger charge is -2.23. The Labute approximate surface area is 261 Å². The van der Waals surface area contributed by atoms with Crippen molar-refractivity contribution in [1.82, 2.24) is 19.8 Å². The van der Waals surface area contributed by atoms with Crippen LogP contribution in [0.1, 0.15) is 48.3 Å². The highest BCUT2D eigenvalue weighted by Crippen LogP contribution is 2.14. The highest BCUT2D eigenvalue weighted by atomic mass is 16.5. The first-order valence-electron chi connectivity index (χ1n) is 15.2. The Kier molecular flexibility index (Phi) is 22.2. The molecule has 2 aromatic rings. The lowest BCUT2D eigenvalue weighted by atomic mass is 10.2. The number of rotatable bonds is 7. The molecule has 0 atom stereocenters. The van der Waals surface area contributed by atoms with E-state index in [0.29, 0.717) is 84.7 Å². The molecule has 13 heteroatoms. The maximum atomic E-state index is 11.6. The molecule has 0 radical (unpaired) electrons. The van der Waals surface area contributed by atoms with E-state index in [4.69, 9.17) is 28.8 Å². The van der Waals surface area contributed by atoms with E-state index < -0.39 is 5.97 Å². The van der Waals surface area contributed by atoms with Gasteiger partial charge >= 0.3 is 5.97 Å². The standard InChI is InChI=1S/C28H43N5O6.C2H6.CH2O2/c1-3-29-25-19-26(31-27(20-25)28(34)35)22-33-9-13-38-17-15-36-11-7-32(8-12-37-16-18-39-14-10-33)21-24-6-4-5-23(2)30-24;1-2;2-1-3/h4-6,19-20H,3,7-18,21-22H2,1-2H3,(H,29,31)(H,34,35);1-2H3;1H,(H,2,3). The van der Waals surface area contributed by atoms with Gasteiger partial charge in [0.2, 0.25) is 0 Å². The number of anilines is 1. The van der Waals surface area contributed by atoms with Crippen molar-refractivity contribution in [2.45, 2.75) is 40.8 Å². The number of aryl methyl sites for hydroxylation is 1. The average Bonchev–Trinajstić information content (AvgIpc) is 3.00. The minimum atomic E-state index is -1.04. The predicted octanol–water partition coefficient (Wildman–Crippen LogP) is 3.03. The van der Waals surface area contributed by atoms with Crippen LogP contribution >= 0.6 is 0 Å². The minimum Gasteiger partial charge on any atom is -0.483 e. The maximum Gasteiger partial charge on any atom is 0.354 e. The number of pyridine rings is 2. The van der Waals surface area contributed by atoms with Gasteiger partial charge in [-0.15, -0.1) is 0 Å². The Bertz CT molecular complexity index is 1030. The Morgan fingerprint density at radius 2 is 1.32 bits per heavy atom. The van der Waals surface area contributed by atoms with Crippen LogP contribution in [0.5, 0.6) is 0 Å². The number of carboxylic acids is 1. The van der Waals surface area contributed by atoms with Crippen LogP contribution in [0.15, 0.2) is 30.3 Å². The van der Waals surface area contributed by atoms with Crippen LogP contribution in [0.25, 0.3) is 0 Å². The van der Waals surface area contributed by atoms with Crippen molar-refractivity contribution in [3.05, 3.63) is 53.1 Å². The lowest BCUT2D eigenvalue weighted by molar-refractivity contribution is -0.122. The van der Waals surface area contributed by atoms with E-state index in [1.807, 2.05) is 52.0 Å². The third kappa shape index (κ3) is 17.8. The van der Waals surface area contributed by atoms with E-state index in [0.717, 1.165) is 36.7 Å². The molecule has 1 aliphatic heterocycles. The van der Waals surface area contributed by atoms with Crippen molar-refractivity contribution in [3.63, 3.8) is 0 Å². The summed E-state index contributed by atoms with van der Waals surface area (Å²) in [6.45, 7) is 16.8. The van der Waals surface area contributed by atoms with Crippen molar-refractivity contribution < 1.29 is 38.7 Å². The largest absolute Gasteiger partial charge is 0.483 e. The number of ether oxygens (including phenoxy) is 4. The second-order valence-electron chi connectivity index (χ2n) is 9.45. The van der Waals surface area contributed by atoms with Crippen molar-refractivity contribution >= 4 is 18.1 Å². The summed E-state index contributed by atoms with van der Waals surface area (Å²) in [6, 6.07) is 9.53. The zero-order valence-corrected chi connectivity index (χ0v) is 26.7. The van der Waals surface area contributed by atoms with Gasteiger partial charge in [-0.1, -0.05) is 19.9 Å². The van der Waals surface area contributed by atoms with Crippen molar-refractivity contribution in [1.29, 1.82) is 0 Å². The van der Waals surface area contributed by atoms with Crippen LogP contribution in [0, 0.1) is 6.92 Å². The van der Waals surface area contributed by atoms with Gasteiger partial charge in [-0.2, -0.15) is 0 Å². The summed E-state index contributed by atoms with van der Waals surface area (Å²) in [6.07, 6.45) is 0. The first-order chi connectivity index (χ1) is 21.4. The number of carbonyl (C=O) groups is 2. The summed E-state index contributed by atoms with van der Waals surface area (Å²) in [7, 11) is 0. The van der Waals surface area contributed by atoms with Crippen LogP contribution in [-0.4, -0.2) is 128 Å². The Morgan fingerprint density at radius 3 is 1.75 bits per heavy atom. The number of nitrogens with zero attached hydrogens (tertiary/aromatic N) is 4. The Hall–Kier alpha value is -3.20. The number of carboxylic acid groups (broad SMARTS) is 2. The summed E-state index contributed by atoms with van der Waals surface area (Å²) in [4.78, 5) is 33.3. The average molecular weight is 622 g/mol. The minimum absolute atomic E-state index is 0.0281. The first-order valence-corrected chi connectivity index (χ1v) is 15.2. The van der Waals surface area contributed by atoms with Crippen LogP contribution in [0.3, 0.4) is 0 Å². The van der Waals surface area contributed by atoms with Gasteiger partial charge in [0.1, 0.15) is 0 Å². The number of aromatic carboxylic acids is 1. The molecule has 0 unspecified atom stereocenters. The number of hydrogen-bond acceptors (Lipinski definition) is 11. The summed E-state index contributed by atoms with van der Waals surface area (Å²) >= 11 is 0. The second-order valence-corrected chi connectivity index (χ2v) is 9.45. The summed E-state index contributed by atoms with van der Waals surface area (Å²) in [5.74, 6) is -1.04. The van der Waals surface area contributed by atoms with Crippen molar-refractivity contribution in [2.75, 3.05) is 90.9 Å². The molecule has 0 aromatic carbocycles. The molecule has 13 nitrogen and oxygen atoms in total. The molecule has 0 saturated carbocycles. The quantitative estimate of drug-likeness (QED) is 0.388. The van der Waals surface area contributed by atoms with E-state index in [1.54, 1.807) is 6.07 Å². The molecule has 1 saturated heterocycles. The molecule has 248 valence electrons. The van der Waals surface area contributed by atoms with Crippen molar-refractivity contribution in [2.24, 2.45) is 0 Å². The first kappa shape index (κ1) is 38.8. The Balaban J connectivity index is 0.00000182. The maximum absolute atomic E-state index is 11.6. The normalized spacial score (nSPS) is 16.5. The zero-order valence-electron chi connectivity index (χ0n) is 26.7. The molecule has 3 N–H and O–H groups in total. The van der Waals surface area contributed by atoms with E-state index in [9.17, 15) is 9.90 Å². The molecular weight excluding hydrogens is 570 g/mol. The molecule has 0 aliphatic carbocycles. The van der Waals surface area contributed by atoms with E-state index in [-0.39, 0.29) is 12.2 Å². The smallest absolute Gasteiger partial charge is 0.354 e. The fraction of sp³-hybridized carbons (Fsp3) is 0.613. The van der Waals surface area contributed by atoms with Crippen LogP contribution in [0.2, 0.25) is 0 Å². The molecule has 44 heavy (non-hydrogen) atoms. The summed E-state index contributed by atoms with van der Waals surface area (Å²) in [5.41, 5.74) is 3.51. The van der Waals surface area contributed by atoms with E-state index in [1.165, 1.54) is 0 Å². The van der Waals surface area contributed by atoms with Gasteiger partial charge in [0, 0.05) is 57.2 Å². The van der Waals surface area contributed by atoms with E-state index in [2.05, 4.69) is 25.1 Å². The molecule has 3 rings (SSSR count). The van der Waals surface area contributed by atoms with Crippen molar-refractivity contribution in [3.8, 4) is 0 Å². The molecule has 1 fully saturated rings. The lowest BCUT2D eigenvalue weighted by Crippen LogP contribution is -2.33. The molecule has 1 aliphatic rings. The molecule has 2 aromatic heterocycles. The molecule has 0 bridgehead atoms. The molecule has 3 heterocycles. The van der Waals surface area contributed by atoms with Crippen LogP contribution < -0.4 is 5.32 Å². The van der Waals surface area contributed by atoms with Gasteiger partial charge in [0.25, 0.3) is 6.47 Å². The topological polar surface area (TPSA) is 156 Å². The summed E-state index contributed by atoms with van der Waals surface area (Å²) < 4.78 is 23.3. The molecular formula is C31H51N5O8. The van der Waals surface area contributed by atoms with Gasteiger partial charge in [-0.05, 0) is 38.1 Å². The summed E-state index contributed by atoms with van der Waals surface area (Å²) in [5, 5.41) is 19.5. The fourth-order valence-corrected chi connectivity index (χ4v) is 4.19. The SMILES string of the molecule is CC.CCNc1cc(CN2CCOCCOCCN(Cc3cccc(C)n3)CCOCCOCC2)nc(C(=O)O)c1.O=CO. The highest BCUT2D eigenvalue weighted by Gasteiger charge is 2.13. The molecule has 0 amide bonds. The zero-order chi connectivity index (χ0) is 32.4. The predicted molar refractivity (Wildman–Crippen MR) is 168 cm³/mol. The number of nitrogens with one attached hydrogen (secondary N) is 1. The van der Waals surface area contributed by atoms with Gasteiger partial charge in [0.15, 0.2) is 5.69 Å². The van der Waals surface area contributed by atoms with Gasteiger partial charge in [-0.25, -0.2) is 9.78 Å². The van der Waals surface area contributed by atoms with Gasteiger partial charge in [-0.3, -0.25) is 19.6 Å². The number of aromatic nitrogens is 2. The fourth-order valence-electron chi connectivity index (χ4n) is 4.19. The third-order valence-electron chi connectivity index (χ3n) is 6.15. The van der Waals surface area contributed by atoms with Crippen LogP contribution in [-0.2, 0) is 36.8 Å².